The predicted octanol–water partition coefficient (Wildman–Crippen LogP) is 2.81. The van der Waals surface area contributed by atoms with Gasteiger partial charge in [-0.05, 0) is 55.2 Å². The van der Waals surface area contributed by atoms with Crippen molar-refractivity contribution in [3.63, 3.8) is 0 Å². The number of carbonyl (C=O) groups excluding carboxylic acids is 1. The maximum Gasteiger partial charge on any atom is 0.274 e. The first kappa shape index (κ1) is 18.7. The van der Waals surface area contributed by atoms with Crippen molar-refractivity contribution in [3.8, 4) is 0 Å². The summed E-state index contributed by atoms with van der Waals surface area (Å²) in [5.74, 6) is 1.10. The summed E-state index contributed by atoms with van der Waals surface area (Å²) in [6.07, 6.45) is 2.23. The largest absolute Gasteiger partial charge is 0.368 e. The first-order valence-electron chi connectivity index (χ1n) is 9.98. The average Bonchev–Trinajstić information content (AvgIpc) is 2.74. The number of anilines is 2. The van der Waals surface area contributed by atoms with Crippen molar-refractivity contribution < 1.29 is 9.18 Å². The highest BCUT2D eigenvalue weighted by atomic mass is 19.1. The molecule has 28 heavy (non-hydrogen) atoms. The first-order chi connectivity index (χ1) is 13.6. The van der Waals surface area contributed by atoms with Crippen molar-refractivity contribution in [2.75, 3.05) is 49.1 Å². The third kappa shape index (κ3) is 4.08. The Bertz CT molecular complexity index is 803. The van der Waals surface area contributed by atoms with Gasteiger partial charge in [-0.2, -0.15) is 0 Å². The number of hydrogen-bond acceptors (Lipinski definition) is 5. The van der Waals surface area contributed by atoms with E-state index in [1.165, 1.54) is 18.6 Å². The maximum atomic E-state index is 13.1. The number of likely N-dealkylation sites (tertiary alicyclic amines) is 1. The Morgan fingerprint density at radius 3 is 2.32 bits per heavy atom. The van der Waals surface area contributed by atoms with E-state index in [-0.39, 0.29) is 11.7 Å². The number of carbonyl (C=O) groups is 1. The van der Waals surface area contributed by atoms with Crippen LogP contribution in [0.5, 0.6) is 0 Å². The van der Waals surface area contributed by atoms with Crippen LogP contribution in [0, 0.1) is 11.7 Å². The fourth-order valence-corrected chi connectivity index (χ4v) is 3.99. The van der Waals surface area contributed by atoms with Crippen LogP contribution >= 0.6 is 0 Å². The zero-order chi connectivity index (χ0) is 19.5. The summed E-state index contributed by atoms with van der Waals surface area (Å²) in [7, 11) is 0. The number of aromatic nitrogens is 2. The number of piperidine rings is 1. The van der Waals surface area contributed by atoms with E-state index in [9.17, 15) is 9.18 Å². The van der Waals surface area contributed by atoms with Crippen molar-refractivity contribution >= 4 is 17.4 Å². The molecule has 2 fully saturated rings. The van der Waals surface area contributed by atoms with Gasteiger partial charge in [0.2, 0.25) is 0 Å². The summed E-state index contributed by atoms with van der Waals surface area (Å²) in [5.41, 5.74) is 1.45. The number of piperazine rings is 1. The lowest BCUT2D eigenvalue weighted by Crippen LogP contribution is -2.47. The van der Waals surface area contributed by atoms with Gasteiger partial charge in [-0.3, -0.25) is 4.79 Å². The van der Waals surface area contributed by atoms with Gasteiger partial charge in [0.15, 0.2) is 11.5 Å². The molecule has 0 radical (unpaired) electrons. The minimum atomic E-state index is -0.216. The van der Waals surface area contributed by atoms with Crippen molar-refractivity contribution in [3.05, 3.63) is 47.9 Å². The summed E-state index contributed by atoms with van der Waals surface area (Å²) in [5, 5.41) is 8.51. The molecule has 0 saturated carbocycles. The Hall–Kier alpha value is -2.70. The van der Waals surface area contributed by atoms with Gasteiger partial charge in [-0.15, -0.1) is 10.2 Å². The molecular weight excluding hydrogens is 357 g/mol. The van der Waals surface area contributed by atoms with Gasteiger partial charge >= 0.3 is 0 Å². The highest BCUT2D eigenvalue weighted by Crippen LogP contribution is 2.20. The zero-order valence-corrected chi connectivity index (χ0v) is 16.2. The number of hydrogen-bond donors (Lipinski definition) is 0. The normalized spacial score (nSPS) is 20.4. The molecule has 1 aromatic carbocycles. The zero-order valence-electron chi connectivity index (χ0n) is 16.2. The highest BCUT2D eigenvalue weighted by Gasteiger charge is 2.24. The van der Waals surface area contributed by atoms with Gasteiger partial charge < -0.3 is 14.7 Å². The first-order valence-corrected chi connectivity index (χ1v) is 9.98. The van der Waals surface area contributed by atoms with Crippen LogP contribution < -0.4 is 9.80 Å². The van der Waals surface area contributed by atoms with Gasteiger partial charge in [-0.1, -0.05) is 6.92 Å². The molecule has 3 heterocycles. The molecule has 1 atom stereocenters. The van der Waals surface area contributed by atoms with E-state index in [4.69, 9.17) is 0 Å². The van der Waals surface area contributed by atoms with E-state index in [2.05, 4.69) is 26.9 Å². The van der Waals surface area contributed by atoms with Crippen LogP contribution in [0.2, 0.25) is 0 Å². The molecule has 2 saturated heterocycles. The van der Waals surface area contributed by atoms with Gasteiger partial charge in [0.05, 0.1) is 0 Å². The second kappa shape index (κ2) is 8.12. The second-order valence-corrected chi connectivity index (χ2v) is 7.73. The molecule has 2 aliphatic heterocycles. The van der Waals surface area contributed by atoms with E-state index in [1.807, 2.05) is 23.1 Å². The number of nitrogens with zero attached hydrogens (tertiary/aromatic N) is 5. The smallest absolute Gasteiger partial charge is 0.274 e. The quantitative estimate of drug-likeness (QED) is 0.816. The van der Waals surface area contributed by atoms with Crippen LogP contribution in [0.1, 0.15) is 30.3 Å². The molecule has 0 aliphatic carbocycles. The Balaban J connectivity index is 1.35. The molecule has 6 nitrogen and oxygen atoms in total. The van der Waals surface area contributed by atoms with E-state index in [0.29, 0.717) is 11.6 Å². The Labute approximate surface area is 165 Å². The maximum absolute atomic E-state index is 13.1. The van der Waals surface area contributed by atoms with Gasteiger partial charge in [0, 0.05) is 45.0 Å². The fraction of sp³-hybridized carbons (Fsp3) is 0.476. The molecule has 7 heteroatoms. The number of amides is 1. The third-order valence-corrected chi connectivity index (χ3v) is 5.61. The van der Waals surface area contributed by atoms with E-state index >= 15 is 0 Å². The van der Waals surface area contributed by atoms with Crippen LogP contribution in [0.15, 0.2) is 36.4 Å². The van der Waals surface area contributed by atoms with Crippen molar-refractivity contribution in [1.82, 2.24) is 15.1 Å². The lowest BCUT2D eigenvalue weighted by molar-refractivity contribution is 0.0676. The van der Waals surface area contributed by atoms with E-state index in [0.717, 1.165) is 57.2 Å². The minimum Gasteiger partial charge on any atom is -0.368 e. The molecule has 0 bridgehead atoms. The van der Waals surface area contributed by atoms with Crippen LogP contribution in [-0.2, 0) is 0 Å². The SMILES string of the molecule is CC1CCCN(C(=O)c2ccc(N3CCN(c4ccc(F)cc4)CC3)nn2)C1. The molecule has 2 aromatic rings. The van der Waals surface area contributed by atoms with Gasteiger partial charge in [0.25, 0.3) is 5.91 Å². The van der Waals surface area contributed by atoms with Crippen molar-refractivity contribution in [1.29, 1.82) is 0 Å². The van der Waals surface area contributed by atoms with Gasteiger partial charge in [-0.25, -0.2) is 4.39 Å². The summed E-state index contributed by atoms with van der Waals surface area (Å²) in [6.45, 7) is 7.07. The summed E-state index contributed by atoms with van der Waals surface area (Å²) >= 11 is 0. The fourth-order valence-electron chi connectivity index (χ4n) is 3.99. The molecule has 0 spiro atoms. The summed E-state index contributed by atoms with van der Waals surface area (Å²) < 4.78 is 13.1. The average molecular weight is 383 g/mol. The summed E-state index contributed by atoms with van der Waals surface area (Å²) in [4.78, 5) is 18.9. The third-order valence-electron chi connectivity index (χ3n) is 5.61. The highest BCUT2D eigenvalue weighted by molar-refractivity contribution is 5.92. The molecule has 1 unspecified atom stereocenters. The Kier molecular flexibility index (Phi) is 5.41. The summed E-state index contributed by atoms with van der Waals surface area (Å²) in [6, 6.07) is 10.3. The molecule has 2 aliphatic rings. The molecular formula is C21H26FN5O. The molecule has 148 valence electrons. The number of benzene rings is 1. The van der Waals surface area contributed by atoms with Crippen molar-refractivity contribution in [2.45, 2.75) is 19.8 Å². The minimum absolute atomic E-state index is 0.0215. The van der Waals surface area contributed by atoms with Crippen LogP contribution in [0.3, 0.4) is 0 Å². The van der Waals surface area contributed by atoms with Gasteiger partial charge in [0.1, 0.15) is 5.82 Å². The molecule has 1 aromatic heterocycles. The molecule has 0 N–H and O–H groups in total. The van der Waals surface area contributed by atoms with E-state index < -0.39 is 0 Å². The van der Waals surface area contributed by atoms with E-state index in [1.54, 1.807) is 6.07 Å². The lowest BCUT2D eigenvalue weighted by atomic mass is 10.00. The Morgan fingerprint density at radius 2 is 1.68 bits per heavy atom. The number of halogens is 1. The van der Waals surface area contributed by atoms with Crippen LogP contribution in [0.4, 0.5) is 15.9 Å². The van der Waals surface area contributed by atoms with Crippen molar-refractivity contribution in [2.24, 2.45) is 5.92 Å². The lowest BCUT2D eigenvalue weighted by Gasteiger charge is -2.36. The topological polar surface area (TPSA) is 52.6 Å². The Morgan fingerprint density at radius 1 is 0.964 bits per heavy atom. The molecule has 4 rings (SSSR count). The van der Waals surface area contributed by atoms with Crippen LogP contribution in [0.25, 0.3) is 0 Å². The standard InChI is InChI=1S/C21H26FN5O/c1-16-3-2-10-27(15-16)21(28)19-8-9-20(24-23-19)26-13-11-25(12-14-26)18-6-4-17(22)5-7-18/h4-9,16H,2-3,10-15H2,1H3. The second-order valence-electron chi connectivity index (χ2n) is 7.73. The molecule has 1 amide bonds. The monoisotopic (exact) mass is 383 g/mol. The van der Waals surface area contributed by atoms with Crippen LogP contribution in [-0.4, -0.2) is 60.3 Å². The predicted molar refractivity (Wildman–Crippen MR) is 107 cm³/mol. The number of rotatable bonds is 3.